The third-order valence-corrected chi connectivity index (χ3v) is 8.57. The molecule has 1 aliphatic heterocycles. The normalized spacial score (nSPS) is 14.8. The standard InChI is InChI=1S/C23H26F3N3O2.C12H25N3O/c1-15(30)20-17(8-6-11-27-20)21-18(13-22(2,3)10-12-28-31)16-7-4-5-9-19(16)29(21)14-23(24,25)26;16-12-14-13-8-4-1-2-5-9-15-10-6-3-7-11-15/h4-9,11,15,30H,10,12-14H2,1-3H3;12-13H,1-11H2,(H,14,16). The van der Waals surface area contributed by atoms with Crippen LogP contribution in [0.25, 0.3) is 22.2 Å². The number of nitroso groups, excluding NO2 is 1. The Kier molecular flexibility index (Phi) is 15.3. The van der Waals surface area contributed by atoms with Crippen molar-refractivity contribution in [3.8, 4) is 11.3 Å². The van der Waals surface area contributed by atoms with Gasteiger partial charge in [0.15, 0.2) is 0 Å². The number of carbonyl (C=O) groups is 1. The Bertz CT molecular complexity index is 1390. The van der Waals surface area contributed by atoms with Gasteiger partial charge in [0.2, 0.25) is 6.41 Å². The highest BCUT2D eigenvalue weighted by molar-refractivity contribution is 5.92. The van der Waals surface area contributed by atoms with E-state index < -0.39 is 18.8 Å². The maximum atomic E-state index is 13.6. The minimum atomic E-state index is -4.43. The number of aliphatic hydroxyl groups is 1. The van der Waals surface area contributed by atoms with Crippen molar-refractivity contribution < 1.29 is 23.1 Å². The summed E-state index contributed by atoms with van der Waals surface area (Å²) >= 11 is 0. The molecular formula is C35H51F3N6O3. The van der Waals surface area contributed by atoms with Gasteiger partial charge >= 0.3 is 6.18 Å². The number of hydrogen-bond acceptors (Lipinski definition) is 7. The molecule has 3 aromatic rings. The summed E-state index contributed by atoms with van der Waals surface area (Å²) in [6, 6.07) is 10.3. The third-order valence-electron chi connectivity index (χ3n) is 8.57. The Morgan fingerprint density at radius 2 is 1.77 bits per heavy atom. The molecule has 12 heteroatoms. The molecule has 0 bridgehead atoms. The first kappa shape index (κ1) is 38.1. The number of para-hydroxylation sites is 1. The lowest BCUT2D eigenvalue weighted by Gasteiger charge is -2.26. The number of nitrogens with one attached hydrogen (secondary N) is 2. The molecule has 1 aliphatic rings. The van der Waals surface area contributed by atoms with Gasteiger partial charge in [0.1, 0.15) is 6.54 Å². The molecule has 9 nitrogen and oxygen atoms in total. The Balaban J connectivity index is 0.000000316. The minimum absolute atomic E-state index is 0.134. The first-order valence-corrected chi connectivity index (χ1v) is 16.7. The molecule has 0 aliphatic carbocycles. The molecule has 3 N–H and O–H groups in total. The smallest absolute Gasteiger partial charge is 0.387 e. The number of nitrogens with zero attached hydrogens (tertiary/aromatic N) is 4. The van der Waals surface area contributed by atoms with Crippen LogP contribution in [-0.2, 0) is 17.8 Å². The molecule has 0 saturated carbocycles. The molecule has 47 heavy (non-hydrogen) atoms. The van der Waals surface area contributed by atoms with Crippen molar-refractivity contribution in [2.75, 3.05) is 32.7 Å². The van der Waals surface area contributed by atoms with Crippen molar-refractivity contribution in [1.82, 2.24) is 25.3 Å². The van der Waals surface area contributed by atoms with Gasteiger partial charge in [0.25, 0.3) is 0 Å². The number of carbonyl (C=O) groups excluding carboxylic acids is 1. The van der Waals surface area contributed by atoms with E-state index in [9.17, 15) is 28.0 Å². The molecular weight excluding hydrogens is 609 g/mol. The molecule has 1 unspecified atom stereocenters. The van der Waals surface area contributed by atoms with Gasteiger partial charge in [0.05, 0.1) is 24.0 Å². The molecule has 1 atom stereocenters. The van der Waals surface area contributed by atoms with Crippen LogP contribution in [0.15, 0.2) is 47.8 Å². The SMILES string of the molecule is CC(O)c1ncccc1-c1c(CC(C)(C)CCN=O)c2ccccc2n1CC(F)(F)F.O=CNNCCCCCCN1CCCCC1. The number of hydrogen-bond donors (Lipinski definition) is 3. The van der Waals surface area contributed by atoms with E-state index in [2.05, 4.69) is 25.9 Å². The van der Waals surface area contributed by atoms with E-state index in [-0.39, 0.29) is 12.0 Å². The van der Waals surface area contributed by atoms with E-state index in [1.165, 1.54) is 68.9 Å². The number of amides is 1. The maximum absolute atomic E-state index is 13.6. The van der Waals surface area contributed by atoms with E-state index in [1.54, 1.807) is 37.3 Å². The van der Waals surface area contributed by atoms with Gasteiger partial charge in [0, 0.05) is 29.2 Å². The summed E-state index contributed by atoms with van der Waals surface area (Å²) < 4.78 is 42.1. The number of benzene rings is 1. The van der Waals surface area contributed by atoms with Gasteiger partial charge in [-0.3, -0.25) is 15.2 Å². The van der Waals surface area contributed by atoms with Gasteiger partial charge in [-0.1, -0.05) is 56.5 Å². The topological polar surface area (TPSA) is 112 Å². The average molecular weight is 661 g/mol. The number of rotatable bonds is 17. The number of pyridine rings is 1. The number of aliphatic hydroxyl groups excluding tert-OH is 1. The number of piperidine rings is 1. The molecule has 4 rings (SSSR count). The van der Waals surface area contributed by atoms with Crippen molar-refractivity contribution in [1.29, 1.82) is 0 Å². The summed E-state index contributed by atoms with van der Waals surface area (Å²) in [6.07, 6.45) is 6.98. The van der Waals surface area contributed by atoms with E-state index in [0.717, 1.165) is 18.5 Å². The van der Waals surface area contributed by atoms with Crippen LogP contribution >= 0.6 is 0 Å². The number of aromatic nitrogens is 2. The van der Waals surface area contributed by atoms with Gasteiger partial charge < -0.3 is 14.6 Å². The van der Waals surface area contributed by atoms with Crippen molar-refractivity contribution in [2.24, 2.45) is 10.6 Å². The highest BCUT2D eigenvalue weighted by atomic mass is 19.4. The fraction of sp³-hybridized carbons (Fsp3) is 0.600. The van der Waals surface area contributed by atoms with Crippen LogP contribution < -0.4 is 10.9 Å². The number of hydrazine groups is 1. The second-order valence-corrected chi connectivity index (χ2v) is 13.1. The molecule has 1 amide bonds. The Morgan fingerprint density at radius 3 is 2.45 bits per heavy atom. The Labute approximate surface area is 276 Å². The molecule has 0 radical (unpaired) electrons. The molecule has 2 aromatic heterocycles. The summed E-state index contributed by atoms with van der Waals surface area (Å²) in [6.45, 7) is 9.23. The predicted octanol–water partition coefficient (Wildman–Crippen LogP) is 7.33. The monoisotopic (exact) mass is 660 g/mol. The second-order valence-electron chi connectivity index (χ2n) is 13.1. The lowest BCUT2D eigenvalue weighted by molar-refractivity contribution is -0.139. The van der Waals surface area contributed by atoms with Crippen LogP contribution in [0.4, 0.5) is 13.2 Å². The lowest BCUT2D eigenvalue weighted by atomic mass is 9.81. The first-order chi connectivity index (χ1) is 22.5. The van der Waals surface area contributed by atoms with Crippen LogP contribution in [0.3, 0.4) is 0 Å². The van der Waals surface area contributed by atoms with Gasteiger partial charge in [-0.05, 0) is 94.3 Å². The highest BCUT2D eigenvalue weighted by Crippen LogP contribution is 2.41. The highest BCUT2D eigenvalue weighted by Gasteiger charge is 2.33. The van der Waals surface area contributed by atoms with Crippen LogP contribution in [0, 0.1) is 10.3 Å². The summed E-state index contributed by atoms with van der Waals surface area (Å²) in [5, 5.41) is 13.9. The predicted molar refractivity (Wildman–Crippen MR) is 181 cm³/mol. The van der Waals surface area contributed by atoms with Crippen molar-refractivity contribution in [3.05, 3.63) is 58.8 Å². The van der Waals surface area contributed by atoms with Crippen molar-refractivity contribution in [3.63, 3.8) is 0 Å². The zero-order valence-corrected chi connectivity index (χ0v) is 28.0. The molecule has 1 saturated heterocycles. The quantitative estimate of drug-likeness (QED) is 0.0605. The third kappa shape index (κ3) is 12.3. The van der Waals surface area contributed by atoms with Gasteiger partial charge in [-0.15, -0.1) is 0 Å². The minimum Gasteiger partial charge on any atom is -0.387 e. The number of likely N-dealkylation sites (tertiary alicyclic amines) is 1. The summed E-state index contributed by atoms with van der Waals surface area (Å²) in [5.74, 6) is 0. The molecule has 1 aromatic carbocycles. The first-order valence-electron chi connectivity index (χ1n) is 16.7. The van der Waals surface area contributed by atoms with Crippen LogP contribution in [0.5, 0.6) is 0 Å². The van der Waals surface area contributed by atoms with Crippen molar-refractivity contribution >= 4 is 17.3 Å². The number of halogens is 3. The zero-order chi connectivity index (χ0) is 34.3. The van der Waals surface area contributed by atoms with E-state index in [0.29, 0.717) is 47.1 Å². The largest absolute Gasteiger partial charge is 0.406 e. The summed E-state index contributed by atoms with van der Waals surface area (Å²) in [4.78, 5) is 27.4. The zero-order valence-electron chi connectivity index (χ0n) is 28.0. The van der Waals surface area contributed by atoms with Crippen molar-refractivity contribution in [2.45, 2.75) is 97.4 Å². The molecule has 3 heterocycles. The Hall–Kier alpha value is -3.35. The summed E-state index contributed by atoms with van der Waals surface area (Å²) in [7, 11) is 0. The Morgan fingerprint density at radius 1 is 1.04 bits per heavy atom. The molecule has 0 spiro atoms. The number of fused-ring (bicyclic) bond motifs is 1. The van der Waals surface area contributed by atoms with Crippen LogP contribution in [-0.4, -0.2) is 64.9 Å². The van der Waals surface area contributed by atoms with E-state index >= 15 is 0 Å². The number of unbranched alkanes of at least 4 members (excludes halogenated alkanes) is 3. The fourth-order valence-corrected chi connectivity index (χ4v) is 6.27. The summed E-state index contributed by atoms with van der Waals surface area (Å²) in [5.41, 5.74) is 7.32. The van der Waals surface area contributed by atoms with Gasteiger partial charge in [-0.2, -0.15) is 18.1 Å². The number of alkyl halides is 3. The van der Waals surface area contributed by atoms with Crippen LogP contribution in [0.2, 0.25) is 0 Å². The fourth-order valence-electron chi connectivity index (χ4n) is 6.27. The van der Waals surface area contributed by atoms with E-state index in [1.807, 2.05) is 19.9 Å². The van der Waals surface area contributed by atoms with E-state index in [4.69, 9.17) is 0 Å². The second kappa shape index (κ2) is 18.8. The van der Waals surface area contributed by atoms with Crippen LogP contribution in [0.1, 0.15) is 89.5 Å². The van der Waals surface area contributed by atoms with Gasteiger partial charge in [-0.25, -0.2) is 5.43 Å². The molecule has 260 valence electrons. The average Bonchev–Trinajstić information content (AvgIpc) is 3.32. The lowest BCUT2D eigenvalue weighted by Crippen LogP contribution is -2.31. The molecule has 1 fully saturated rings. The maximum Gasteiger partial charge on any atom is 0.406 e.